The average molecular weight is 207 g/mol. The summed E-state index contributed by atoms with van der Waals surface area (Å²) >= 11 is 1.62. The lowest BCUT2D eigenvalue weighted by Gasteiger charge is -2.01. The number of aromatic nitrogens is 1. The third-order valence-electron chi connectivity index (χ3n) is 1.59. The number of pyridine rings is 1. The molecule has 0 spiro atoms. The van der Waals surface area contributed by atoms with E-state index in [1.807, 2.05) is 38.4 Å². The van der Waals surface area contributed by atoms with E-state index in [9.17, 15) is 0 Å². The second-order valence-electron chi connectivity index (χ2n) is 2.26. The quantitative estimate of drug-likeness (QED) is 0.692. The molecule has 1 heterocycles. The van der Waals surface area contributed by atoms with Gasteiger partial charge in [0.05, 0.1) is 5.03 Å². The third kappa shape index (κ3) is 3.38. The van der Waals surface area contributed by atoms with Crippen LogP contribution < -0.4 is 0 Å². The molecule has 2 heteroatoms. The molecule has 0 amide bonds. The van der Waals surface area contributed by atoms with E-state index in [1.54, 1.807) is 17.8 Å². The topological polar surface area (TPSA) is 12.9 Å². The molecule has 0 aliphatic carbocycles. The fraction of sp³-hybridized carbons (Fsp3) is 0.250. The molecule has 0 atom stereocenters. The number of nitrogens with zero attached hydrogens (tertiary/aromatic N) is 1. The van der Waals surface area contributed by atoms with Gasteiger partial charge in [-0.2, -0.15) is 0 Å². The van der Waals surface area contributed by atoms with Crippen LogP contribution in [0, 0.1) is 0 Å². The van der Waals surface area contributed by atoms with Crippen molar-refractivity contribution < 1.29 is 0 Å². The van der Waals surface area contributed by atoms with Crippen molar-refractivity contribution in [1.82, 2.24) is 4.98 Å². The number of hydrogen-bond donors (Lipinski definition) is 0. The normalized spacial score (nSPS) is 8.50. The van der Waals surface area contributed by atoms with Crippen LogP contribution in [0.3, 0.4) is 0 Å². The van der Waals surface area contributed by atoms with Gasteiger partial charge in [-0.25, -0.2) is 4.98 Å². The summed E-state index contributed by atoms with van der Waals surface area (Å²) in [6, 6.07) is 2.01. The van der Waals surface area contributed by atoms with Gasteiger partial charge in [-0.05, 0) is 23.4 Å². The zero-order valence-corrected chi connectivity index (χ0v) is 9.90. The molecule has 0 aromatic carbocycles. The molecule has 0 aliphatic rings. The molecule has 1 nitrogen and oxygen atoms in total. The Hall–Kier alpha value is -1.02. The summed E-state index contributed by atoms with van der Waals surface area (Å²) in [5.41, 5.74) is 2.12. The largest absolute Gasteiger partial charge is 0.249 e. The van der Waals surface area contributed by atoms with Crippen LogP contribution in [0.25, 0.3) is 12.2 Å². The van der Waals surface area contributed by atoms with Crippen LogP contribution in [0.15, 0.2) is 30.4 Å². The second kappa shape index (κ2) is 7.39. The van der Waals surface area contributed by atoms with E-state index in [1.165, 1.54) is 0 Å². The van der Waals surface area contributed by atoms with E-state index in [4.69, 9.17) is 0 Å². The summed E-state index contributed by atoms with van der Waals surface area (Å²) in [5, 5.41) is 1.01. The summed E-state index contributed by atoms with van der Waals surface area (Å²) < 4.78 is 0. The van der Waals surface area contributed by atoms with Crippen LogP contribution >= 0.6 is 11.8 Å². The van der Waals surface area contributed by atoms with Crippen molar-refractivity contribution in [3.05, 3.63) is 36.5 Å². The Labute approximate surface area is 91.0 Å². The van der Waals surface area contributed by atoms with Gasteiger partial charge in [-0.3, -0.25) is 0 Å². The molecule has 0 saturated carbocycles. The minimum Gasteiger partial charge on any atom is -0.249 e. The van der Waals surface area contributed by atoms with E-state index in [2.05, 4.69) is 18.1 Å². The van der Waals surface area contributed by atoms with E-state index < -0.39 is 0 Å². The predicted molar refractivity (Wildman–Crippen MR) is 67.5 cm³/mol. The Balaban J connectivity index is 0.000000791. The third-order valence-corrected chi connectivity index (χ3v) is 2.23. The highest BCUT2D eigenvalue weighted by Gasteiger charge is 1.97. The van der Waals surface area contributed by atoms with Gasteiger partial charge in [0.1, 0.15) is 0 Å². The van der Waals surface area contributed by atoms with Crippen molar-refractivity contribution >= 4 is 23.9 Å². The first-order valence-electron chi connectivity index (χ1n) is 4.60. The van der Waals surface area contributed by atoms with Gasteiger partial charge < -0.3 is 0 Å². The lowest BCUT2D eigenvalue weighted by molar-refractivity contribution is 1.13. The maximum Gasteiger partial charge on any atom is 0.0963 e. The molecule has 0 N–H and O–H groups in total. The lowest BCUT2D eigenvalue weighted by atomic mass is 10.1. The molecular formula is C12H17NS. The zero-order chi connectivity index (χ0) is 11.0. The van der Waals surface area contributed by atoms with Gasteiger partial charge in [-0.1, -0.05) is 39.2 Å². The summed E-state index contributed by atoms with van der Waals surface area (Å²) in [5.74, 6) is 0. The van der Waals surface area contributed by atoms with Gasteiger partial charge in [-0.15, -0.1) is 11.8 Å². The number of thioether (sulfide) groups is 1. The molecule has 0 aliphatic heterocycles. The average Bonchev–Trinajstić information content (AvgIpc) is 2.30. The Morgan fingerprint density at radius 1 is 1.21 bits per heavy atom. The predicted octanol–water partition coefficient (Wildman–Crippen LogP) is 4.12. The van der Waals surface area contributed by atoms with E-state index >= 15 is 0 Å². The van der Waals surface area contributed by atoms with Crippen molar-refractivity contribution in [3.63, 3.8) is 0 Å². The monoisotopic (exact) mass is 207 g/mol. The molecule has 0 saturated heterocycles. The van der Waals surface area contributed by atoms with E-state index in [0.29, 0.717) is 0 Å². The smallest absolute Gasteiger partial charge is 0.0963 e. The van der Waals surface area contributed by atoms with Gasteiger partial charge in [0.2, 0.25) is 0 Å². The van der Waals surface area contributed by atoms with Crippen LogP contribution in [-0.2, 0) is 0 Å². The number of hydrogen-bond acceptors (Lipinski definition) is 2. The molecule has 0 fully saturated rings. The van der Waals surface area contributed by atoms with Crippen LogP contribution in [-0.4, -0.2) is 11.2 Å². The first-order chi connectivity index (χ1) is 6.81. The lowest BCUT2D eigenvalue weighted by Crippen LogP contribution is -1.85. The standard InChI is InChI=1S/C10H11NS.C2H6/c1-4-8-6-10(12-3)11-7-9(8)5-2;1-2/h4-7H,1-2H2,3H3;1-2H3. The fourth-order valence-corrected chi connectivity index (χ4v) is 1.32. The molecule has 1 aromatic heterocycles. The molecule has 1 rings (SSSR count). The summed E-state index contributed by atoms with van der Waals surface area (Å²) in [4.78, 5) is 4.22. The first kappa shape index (κ1) is 13.0. The van der Waals surface area contributed by atoms with Crippen molar-refractivity contribution in [2.24, 2.45) is 0 Å². The SMILES string of the molecule is C=Cc1cnc(SC)cc1C=C.CC. The highest BCUT2D eigenvalue weighted by molar-refractivity contribution is 7.98. The van der Waals surface area contributed by atoms with Crippen molar-refractivity contribution in [3.8, 4) is 0 Å². The molecule has 0 radical (unpaired) electrons. The summed E-state index contributed by atoms with van der Waals surface area (Å²) in [6.07, 6.45) is 7.42. The fourth-order valence-electron chi connectivity index (χ4n) is 0.920. The minimum absolute atomic E-state index is 1.01. The van der Waals surface area contributed by atoms with Gasteiger partial charge in [0.25, 0.3) is 0 Å². The highest BCUT2D eigenvalue weighted by Crippen LogP contribution is 2.17. The highest BCUT2D eigenvalue weighted by atomic mass is 32.2. The Morgan fingerprint density at radius 3 is 2.21 bits per heavy atom. The molecule has 14 heavy (non-hydrogen) atoms. The Kier molecular flexibility index (Phi) is 6.85. The maximum atomic E-state index is 4.22. The second-order valence-corrected chi connectivity index (χ2v) is 3.09. The van der Waals surface area contributed by atoms with E-state index in [-0.39, 0.29) is 0 Å². The first-order valence-corrected chi connectivity index (χ1v) is 5.83. The Bertz CT molecular complexity index is 305. The molecule has 0 unspecified atom stereocenters. The van der Waals surface area contributed by atoms with Crippen molar-refractivity contribution in [1.29, 1.82) is 0 Å². The van der Waals surface area contributed by atoms with Gasteiger partial charge >= 0.3 is 0 Å². The van der Waals surface area contributed by atoms with Crippen molar-refractivity contribution in [2.45, 2.75) is 18.9 Å². The zero-order valence-electron chi connectivity index (χ0n) is 9.08. The van der Waals surface area contributed by atoms with Crippen LogP contribution in [0.2, 0.25) is 0 Å². The summed E-state index contributed by atoms with van der Waals surface area (Å²) in [7, 11) is 0. The Morgan fingerprint density at radius 2 is 1.79 bits per heavy atom. The van der Waals surface area contributed by atoms with E-state index in [0.717, 1.165) is 16.2 Å². The molecule has 0 bridgehead atoms. The van der Waals surface area contributed by atoms with Gasteiger partial charge in [0, 0.05) is 6.20 Å². The molecular weight excluding hydrogens is 190 g/mol. The molecule has 1 aromatic rings. The minimum atomic E-state index is 1.01. The van der Waals surface area contributed by atoms with Crippen LogP contribution in [0.5, 0.6) is 0 Å². The van der Waals surface area contributed by atoms with Crippen molar-refractivity contribution in [2.75, 3.05) is 6.26 Å². The summed E-state index contributed by atoms with van der Waals surface area (Å²) in [6.45, 7) is 11.4. The number of rotatable bonds is 3. The van der Waals surface area contributed by atoms with Crippen LogP contribution in [0.4, 0.5) is 0 Å². The molecule has 76 valence electrons. The maximum absolute atomic E-state index is 4.22. The van der Waals surface area contributed by atoms with Gasteiger partial charge in [0.15, 0.2) is 0 Å². The van der Waals surface area contributed by atoms with Crippen LogP contribution in [0.1, 0.15) is 25.0 Å².